The number of hydrogen-bond acceptors (Lipinski definition) is 6. The molecule has 8 nitrogen and oxygen atoms in total. The van der Waals surface area contributed by atoms with Gasteiger partial charge in [-0.15, -0.1) is 10.2 Å². The molecule has 0 saturated carbocycles. The lowest BCUT2D eigenvalue weighted by Crippen LogP contribution is -2.49. The first-order chi connectivity index (χ1) is 14.3. The number of rotatable bonds is 4. The first kappa shape index (κ1) is 20.5. The molecule has 3 aromatic rings. The van der Waals surface area contributed by atoms with Gasteiger partial charge in [0.15, 0.2) is 11.6 Å². The van der Waals surface area contributed by atoms with Crippen LogP contribution in [0.15, 0.2) is 41.4 Å². The van der Waals surface area contributed by atoms with Crippen molar-refractivity contribution in [1.29, 1.82) is 0 Å². The molecule has 0 bridgehead atoms. The van der Waals surface area contributed by atoms with Crippen molar-refractivity contribution in [2.45, 2.75) is 32.6 Å². The van der Waals surface area contributed by atoms with Crippen molar-refractivity contribution in [1.82, 2.24) is 24.3 Å². The Balaban J connectivity index is 1.46. The van der Waals surface area contributed by atoms with Gasteiger partial charge in [0.2, 0.25) is 10.0 Å². The van der Waals surface area contributed by atoms with Crippen LogP contribution in [0.1, 0.15) is 22.4 Å². The monoisotopic (exact) mass is 426 g/mol. The predicted octanol–water partition coefficient (Wildman–Crippen LogP) is 2.41. The number of hydrogen-bond donors (Lipinski definition) is 0. The van der Waals surface area contributed by atoms with Crippen molar-refractivity contribution in [3.8, 4) is 5.82 Å². The summed E-state index contributed by atoms with van der Waals surface area (Å²) in [5, 5.41) is 12.9. The number of nitrogens with zero attached hydrogens (tertiary/aromatic N) is 6. The van der Waals surface area contributed by atoms with E-state index >= 15 is 0 Å². The molecule has 3 heterocycles. The number of benzene rings is 1. The average Bonchev–Trinajstić information content (AvgIpc) is 3.17. The number of piperazine rings is 1. The molecule has 30 heavy (non-hydrogen) atoms. The van der Waals surface area contributed by atoms with Gasteiger partial charge < -0.3 is 4.90 Å². The van der Waals surface area contributed by atoms with Crippen molar-refractivity contribution in [3.05, 3.63) is 58.9 Å². The van der Waals surface area contributed by atoms with E-state index in [9.17, 15) is 8.42 Å². The van der Waals surface area contributed by atoms with Crippen LogP contribution in [-0.2, 0) is 10.0 Å². The summed E-state index contributed by atoms with van der Waals surface area (Å²) in [6.45, 7) is 9.68. The first-order valence-corrected chi connectivity index (χ1v) is 11.4. The largest absolute Gasteiger partial charge is 0.352 e. The van der Waals surface area contributed by atoms with Crippen molar-refractivity contribution < 1.29 is 8.42 Å². The summed E-state index contributed by atoms with van der Waals surface area (Å²) in [7, 11) is -3.52. The molecule has 0 unspecified atom stereocenters. The smallest absolute Gasteiger partial charge is 0.243 e. The first-order valence-electron chi connectivity index (χ1n) is 9.95. The highest BCUT2D eigenvalue weighted by Gasteiger charge is 2.30. The van der Waals surface area contributed by atoms with Crippen LogP contribution in [0.4, 0.5) is 5.82 Å². The van der Waals surface area contributed by atoms with Crippen LogP contribution >= 0.6 is 0 Å². The van der Waals surface area contributed by atoms with Crippen LogP contribution in [0.2, 0.25) is 0 Å². The van der Waals surface area contributed by atoms with E-state index in [0.717, 1.165) is 28.2 Å². The zero-order valence-electron chi connectivity index (χ0n) is 17.7. The van der Waals surface area contributed by atoms with Gasteiger partial charge in [-0.25, -0.2) is 13.1 Å². The van der Waals surface area contributed by atoms with Gasteiger partial charge in [0.05, 0.1) is 10.6 Å². The molecule has 2 aromatic heterocycles. The standard InChI is InChI=1S/C21H26N6O2S/c1-15-13-17(3)19(14-16(15)2)30(28,29)26-11-9-25(10-12-26)20-5-6-21(23-22-20)27-8-7-18(4)24-27/h5-8,13-14H,9-12H2,1-4H3. The third kappa shape index (κ3) is 3.82. The summed E-state index contributed by atoms with van der Waals surface area (Å²) >= 11 is 0. The molecule has 0 aliphatic carbocycles. The Bertz CT molecular complexity index is 1160. The van der Waals surface area contributed by atoms with Crippen molar-refractivity contribution in [3.63, 3.8) is 0 Å². The Hall–Kier alpha value is -2.78. The maximum absolute atomic E-state index is 13.2. The molecule has 9 heteroatoms. The molecule has 158 valence electrons. The number of aromatic nitrogens is 4. The maximum Gasteiger partial charge on any atom is 0.243 e. The highest BCUT2D eigenvalue weighted by Crippen LogP contribution is 2.25. The Labute approximate surface area is 177 Å². The lowest BCUT2D eigenvalue weighted by Gasteiger charge is -2.34. The van der Waals surface area contributed by atoms with Crippen molar-refractivity contribution in [2.75, 3.05) is 31.1 Å². The van der Waals surface area contributed by atoms with E-state index in [0.29, 0.717) is 36.9 Å². The molecule has 0 atom stereocenters. The highest BCUT2D eigenvalue weighted by atomic mass is 32.2. The quantitative estimate of drug-likeness (QED) is 0.637. The minimum atomic E-state index is -3.52. The normalized spacial score (nSPS) is 15.5. The van der Waals surface area contributed by atoms with Gasteiger partial charge in [-0.1, -0.05) is 6.07 Å². The summed E-state index contributed by atoms with van der Waals surface area (Å²) in [6, 6.07) is 9.41. The van der Waals surface area contributed by atoms with Gasteiger partial charge in [0.1, 0.15) is 0 Å². The fraction of sp³-hybridized carbons (Fsp3) is 0.381. The predicted molar refractivity (Wildman–Crippen MR) is 116 cm³/mol. The zero-order chi connectivity index (χ0) is 21.5. The average molecular weight is 427 g/mol. The lowest BCUT2D eigenvalue weighted by molar-refractivity contribution is 0.383. The third-order valence-electron chi connectivity index (χ3n) is 5.57. The Kier molecular flexibility index (Phi) is 5.33. The Morgan fingerprint density at radius 3 is 2.03 bits per heavy atom. The summed E-state index contributed by atoms with van der Waals surface area (Å²) in [5.74, 6) is 1.39. The maximum atomic E-state index is 13.2. The highest BCUT2D eigenvalue weighted by molar-refractivity contribution is 7.89. The third-order valence-corrected chi connectivity index (χ3v) is 7.61. The van der Waals surface area contributed by atoms with E-state index < -0.39 is 10.0 Å². The van der Waals surface area contributed by atoms with Crippen LogP contribution in [0, 0.1) is 27.7 Å². The van der Waals surface area contributed by atoms with E-state index in [-0.39, 0.29) is 0 Å². The van der Waals surface area contributed by atoms with Crippen LogP contribution in [0.5, 0.6) is 0 Å². The van der Waals surface area contributed by atoms with Crippen molar-refractivity contribution in [2.24, 2.45) is 0 Å². The molecule has 0 radical (unpaired) electrons. The van der Waals surface area contributed by atoms with Gasteiger partial charge in [0, 0.05) is 32.4 Å². The van der Waals surface area contributed by atoms with E-state index in [1.54, 1.807) is 15.1 Å². The molecular weight excluding hydrogens is 400 g/mol. The van der Waals surface area contributed by atoms with E-state index in [2.05, 4.69) is 20.2 Å². The van der Waals surface area contributed by atoms with Gasteiger partial charge in [-0.05, 0) is 68.7 Å². The van der Waals surface area contributed by atoms with Gasteiger partial charge >= 0.3 is 0 Å². The molecule has 4 rings (SSSR count). The van der Waals surface area contributed by atoms with Crippen LogP contribution in [-0.4, -0.2) is 58.9 Å². The second-order valence-electron chi connectivity index (χ2n) is 7.74. The minimum Gasteiger partial charge on any atom is -0.352 e. The molecule has 0 N–H and O–H groups in total. The van der Waals surface area contributed by atoms with E-state index in [1.165, 1.54) is 0 Å². The molecule has 1 aliphatic rings. The Morgan fingerprint density at radius 1 is 0.800 bits per heavy atom. The Morgan fingerprint density at radius 2 is 1.43 bits per heavy atom. The number of aryl methyl sites for hydroxylation is 4. The molecule has 1 fully saturated rings. The fourth-order valence-corrected chi connectivity index (χ4v) is 5.37. The van der Waals surface area contributed by atoms with Crippen LogP contribution < -0.4 is 4.90 Å². The fourth-order valence-electron chi connectivity index (χ4n) is 3.66. The topological polar surface area (TPSA) is 84.2 Å². The van der Waals surface area contributed by atoms with E-state index in [1.807, 2.05) is 58.2 Å². The molecule has 1 aliphatic heterocycles. The summed E-state index contributed by atoms with van der Waals surface area (Å²) in [5.41, 5.74) is 3.79. The zero-order valence-corrected chi connectivity index (χ0v) is 18.5. The van der Waals surface area contributed by atoms with Gasteiger partial charge in [-0.2, -0.15) is 9.40 Å². The second kappa shape index (κ2) is 7.81. The summed E-state index contributed by atoms with van der Waals surface area (Å²) < 4.78 is 29.6. The molecule has 1 aromatic carbocycles. The molecule has 1 saturated heterocycles. The second-order valence-corrected chi connectivity index (χ2v) is 9.65. The summed E-state index contributed by atoms with van der Waals surface area (Å²) in [6.07, 6.45) is 1.84. The SMILES string of the molecule is Cc1ccn(-c2ccc(N3CCN(S(=O)(=O)c4cc(C)c(C)cc4C)CC3)nn2)n1. The van der Waals surface area contributed by atoms with Crippen molar-refractivity contribution >= 4 is 15.8 Å². The molecule has 0 amide bonds. The molecule has 0 spiro atoms. The summed E-state index contributed by atoms with van der Waals surface area (Å²) in [4.78, 5) is 2.46. The molecular formula is C21H26N6O2S. The van der Waals surface area contributed by atoms with Gasteiger partial charge in [0.25, 0.3) is 0 Å². The van der Waals surface area contributed by atoms with Crippen LogP contribution in [0.3, 0.4) is 0 Å². The van der Waals surface area contributed by atoms with E-state index in [4.69, 9.17) is 0 Å². The number of sulfonamides is 1. The minimum absolute atomic E-state index is 0.401. The lowest BCUT2D eigenvalue weighted by atomic mass is 10.1. The number of anilines is 1. The van der Waals surface area contributed by atoms with Crippen LogP contribution in [0.25, 0.3) is 5.82 Å². The van der Waals surface area contributed by atoms with Gasteiger partial charge in [-0.3, -0.25) is 0 Å².